The van der Waals surface area contributed by atoms with E-state index >= 15 is 0 Å². The van der Waals surface area contributed by atoms with Crippen molar-refractivity contribution in [2.45, 2.75) is 6.23 Å². The van der Waals surface area contributed by atoms with E-state index in [1.165, 1.54) is 6.07 Å². The van der Waals surface area contributed by atoms with E-state index in [2.05, 4.69) is 0 Å². The lowest BCUT2D eigenvalue weighted by molar-refractivity contribution is 0.227. The molecule has 0 amide bonds. The Morgan fingerprint density at radius 2 is 2.13 bits per heavy atom. The first kappa shape index (κ1) is 10.6. The number of anilines is 1. The Morgan fingerprint density at radius 1 is 1.33 bits per heavy atom. The molecule has 0 bridgehead atoms. The molecule has 0 aromatic heterocycles. The average Bonchev–Trinajstić information content (AvgIpc) is 2.23. The maximum Gasteiger partial charge on any atom is 0.150 e. The van der Waals surface area contributed by atoms with Crippen molar-refractivity contribution in [3.63, 3.8) is 0 Å². The molecule has 1 atom stereocenters. The standard InChI is InChI=1S/C11H9FINO/c12-9-7-8(4-5-10(9)13)14-6-2-1-3-11(14)15/h1-7,11,15H. The van der Waals surface area contributed by atoms with Crippen molar-refractivity contribution in [1.29, 1.82) is 0 Å². The van der Waals surface area contributed by atoms with E-state index in [0.717, 1.165) is 0 Å². The first-order chi connectivity index (χ1) is 7.18. The van der Waals surface area contributed by atoms with Crippen LogP contribution in [0.3, 0.4) is 0 Å². The smallest absolute Gasteiger partial charge is 0.150 e. The number of benzene rings is 1. The zero-order chi connectivity index (χ0) is 10.8. The fourth-order valence-corrected chi connectivity index (χ4v) is 1.71. The van der Waals surface area contributed by atoms with Crippen molar-refractivity contribution in [1.82, 2.24) is 0 Å². The normalized spacial score (nSPS) is 19.7. The number of halogens is 2. The van der Waals surface area contributed by atoms with Crippen LogP contribution in [0, 0.1) is 9.39 Å². The lowest BCUT2D eigenvalue weighted by Crippen LogP contribution is -2.29. The minimum atomic E-state index is -0.727. The van der Waals surface area contributed by atoms with Gasteiger partial charge in [-0.05, 0) is 52.9 Å². The van der Waals surface area contributed by atoms with Gasteiger partial charge in [0, 0.05) is 15.5 Å². The third-order valence-corrected chi connectivity index (χ3v) is 3.00. The van der Waals surface area contributed by atoms with Crippen molar-refractivity contribution in [3.8, 4) is 0 Å². The molecule has 1 aromatic rings. The summed E-state index contributed by atoms with van der Waals surface area (Å²) in [5.41, 5.74) is 0.640. The van der Waals surface area contributed by atoms with Crippen LogP contribution in [-0.4, -0.2) is 11.3 Å². The molecule has 1 aromatic carbocycles. The Hall–Kier alpha value is -0.880. The summed E-state index contributed by atoms with van der Waals surface area (Å²) in [6.45, 7) is 0. The highest BCUT2D eigenvalue weighted by Crippen LogP contribution is 2.23. The highest BCUT2D eigenvalue weighted by Gasteiger charge is 2.14. The number of rotatable bonds is 1. The minimum Gasteiger partial charge on any atom is -0.370 e. The van der Waals surface area contributed by atoms with E-state index in [1.54, 1.807) is 41.5 Å². The Balaban J connectivity index is 2.33. The van der Waals surface area contributed by atoms with Gasteiger partial charge in [0.25, 0.3) is 0 Å². The summed E-state index contributed by atoms with van der Waals surface area (Å²) < 4.78 is 13.9. The van der Waals surface area contributed by atoms with Gasteiger partial charge < -0.3 is 10.0 Å². The van der Waals surface area contributed by atoms with Gasteiger partial charge in [0.1, 0.15) is 12.0 Å². The number of allylic oxidation sites excluding steroid dienone is 2. The molecule has 4 heteroatoms. The average molecular weight is 317 g/mol. The molecule has 0 fully saturated rings. The van der Waals surface area contributed by atoms with Gasteiger partial charge in [0.05, 0.1) is 0 Å². The maximum atomic E-state index is 13.3. The second-order valence-corrected chi connectivity index (χ2v) is 4.31. The molecule has 0 spiro atoms. The predicted octanol–water partition coefficient (Wildman–Crippen LogP) is 2.64. The lowest BCUT2D eigenvalue weighted by atomic mass is 10.2. The predicted molar refractivity (Wildman–Crippen MR) is 65.9 cm³/mol. The molecule has 0 aliphatic carbocycles. The molecule has 15 heavy (non-hydrogen) atoms. The van der Waals surface area contributed by atoms with Crippen LogP contribution in [0.15, 0.2) is 42.6 Å². The van der Waals surface area contributed by atoms with Crippen LogP contribution >= 0.6 is 22.6 Å². The quantitative estimate of drug-likeness (QED) is 0.805. The Labute approximate surface area is 101 Å². The third-order valence-electron chi connectivity index (χ3n) is 2.13. The summed E-state index contributed by atoms with van der Waals surface area (Å²) in [6, 6.07) is 4.87. The van der Waals surface area contributed by atoms with E-state index in [1.807, 2.05) is 22.6 Å². The van der Waals surface area contributed by atoms with Crippen molar-refractivity contribution >= 4 is 28.3 Å². The first-order valence-electron chi connectivity index (χ1n) is 4.45. The first-order valence-corrected chi connectivity index (χ1v) is 5.53. The van der Waals surface area contributed by atoms with Gasteiger partial charge in [0.2, 0.25) is 0 Å². The Morgan fingerprint density at radius 3 is 2.80 bits per heavy atom. The SMILES string of the molecule is OC1C=CC=CN1c1ccc(I)c(F)c1. The van der Waals surface area contributed by atoms with Gasteiger partial charge in [0.15, 0.2) is 0 Å². The van der Waals surface area contributed by atoms with Gasteiger partial charge >= 0.3 is 0 Å². The highest BCUT2D eigenvalue weighted by molar-refractivity contribution is 14.1. The van der Waals surface area contributed by atoms with Gasteiger partial charge in [-0.15, -0.1) is 0 Å². The van der Waals surface area contributed by atoms with Gasteiger partial charge in [-0.3, -0.25) is 0 Å². The summed E-state index contributed by atoms with van der Waals surface area (Å²) in [6.07, 6.45) is 6.17. The molecular formula is C11H9FINO. The molecule has 1 aliphatic heterocycles. The van der Waals surface area contributed by atoms with Gasteiger partial charge in [-0.1, -0.05) is 6.08 Å². The van der Waals surface area contributed by atoms with Crippen LogP contribution in [0.1, 0.15) is 0 Å². The molecule has 1 heterocycles. The molecule has 0 saturated carbocycles. The van der Waals surface area contributed by atoms with Crippen molar-refractivity contribution < 1.29 is 9.50 Å². The summed E-state index contributed by atoms with van der Waals surface area (Å²) in [4.78, 5) is 1.60. The molecule has 78 valence electrons. The molecular weight excluding hydrogens is 308 g/mol. The summed E-state index contributed by atoms with van der Waals surface area (Å²) in [7, 11) is 0. The minimum absolute atomic E-state index is 0.275. The van der Waals surface area contributed by atoms with Crippen LogP contribution in [0.25, 0.3) is 0 Å². The third kappa shape index (κ3) is 2.21. The summed E-state index contributed by atoms with van der Waals surface area (Å²) in [5.74, 6) is -0.275. The van der Waals surface area contributed by atoms with Crippen LogP contribution in [-0.2, 0) is 0 Å². The zero-order valence-corrected chi connectivity index (χ0v) is 9.93. The van der Waals surface area contributed by atoms with E-state index < -0.39 is 6.23 Å². The van der Waals surface area contributed by atoms with Crippen molar-refractivity contribution in [3.05, 3.63) is 52.0 Å². The molecule has 0 saturated heterocycles. The zero-order valence-electron chi connectivity index (χ0n) is 7.77. The molecule has 2 rings (SSSR count). The fourth-order valence-electron chi connectivity index (χ4n) is 1.37. The molecule has 1 unspecified atom stereocenters. The molecule has 1 aliphatic rings. The fraction of sp³-hybridized carbons (Fsp3) is 0.0909. The van der Waals surface area contributed by atoms with Crippen LogP contribution in [0.2, 0.25) is 0 Å². The number of hydrogen-bond acceptors (Lipinski definition) is 2. The van der Waals surface area contributed by atoms with Crippen molar-refractivity contribution in [2.24, 2.45) is 0 Å². The van der Waals surface area contributed by atoms with E-state index in [0.29, 0.717) is 9.26 Å². The van der Waals surface area contributed by atoms with E-state index in [4.69, 9.17) is 0 Å². The molecule has 1 N–H and O–H groups in total. The lowest BCUT2D eigenvalue weighted by Gasteiger charge is -2.26. The summed E-state index contributed by atoms with van der Waals surface area (Å²) >= 11 is 1.93. The number of aliphatic hydroxyl groups is 1. The Bertz CT molecular complexity index is 431. The van der Waals surface area contributed by atoms with Crippen LogP contribution < -0.4 is 4.90 Å². The highest BCUT2D eigenvalue weighted by atomic mass is 127. The molecule has 0 radical (unpaired) electrons. The van der Waals surface area contributed by atoms with Gasteiger partial charge in [-0.25, -0.2) is 4.39 Å². The number of hydrogen-bond donors (Lipinski definition) is 1. The topological polar surface area (TPSA) is 23.5 Å². The maximum absolute atomic E-state index is 13.3. The number of nitrogens with zero attached hydrogens (tertiary/aromatic N) is 1. The number of aliphatic hydroxyl groups excluding tert-OH is 1. The Kier molecular flexibility index (Phi) is 3.06. The largest absolute Gasteiger partial charge is 0.370 e. The second kappa shape index (κ2) is 4.32. The monoisotopic (exact) mass is 317 g/mol. The van der Waals surface area contributed by atoms with Gasteiger partial charge in [-0.2, -0.15) is 0 Å². The summed E-state index contributed by atoms with van der Waals surface area (Å²) in [5, 5.41) is 9.65. The van der Waals surface area contributed by atoms with E-state index in [-0.39, 0.29) is 5.82 Å². The van der Waals surface area contributed by atoms with Crippen molar-refractivity contribution in [2.75, 3.05) is 4.90 Å². The molecule has 2 nitrogen and oxygen atoms in total. The van der Waals surface area contributed by atoms with Crippen LogP contribution in [0.5, 0.6) is 0 Å². The second-order valence-electron chi connectivity index (χ2n) is 3.15. The van der Waals surface area contributed by atoms with Crippen LogP contribution in [0.4, 0.5) is 10.1 Å². The van der Waals surface area contributed by atoms with E-state index in [9.17, 15) is 9.50 Å².